The van der Waals surface area contributed by atoms with Crippen molar-refractivity contribution in [2.75, 3.05) is 24.6 Å². The quantitative estimate of drug-likeness (QED) is 0.411. The summed E-state index contributed by atoms with van der Waals surface area (Å²) in [6.45, 7) is 7.52. The van der Waals surface area contributed by atoms with Gasteiger partial charge in [-0.3, -0.25) is 9.10 Å². The molecule has 0 radical (unpaired) electrons. The van der Waals surface area contributed by atoms with Crippen molar-refractivity contribution in [3.63, 3.8) is 0 Å². The van der Waals surface area contributed by atoms with Gasteiger partial charge in [0, 0.05) is 12.0 Å². The molecule has 1 amide bonds. The van der Waals surface area contributed by atoms with Gasteiger partial charge in [0.25, 0.3) is 10.0 Å². The molecule has 0 saturated carbocycles. The number of methoxy groups -OCH3 is 1. The Labute approximate surface area is 224 Å². The molecule has 0 bridgehead atoms. The van der Waals surface area contributed by atoms with Crippen molar-refractivity contribution in [3.05, 3.63) is 77.9 Å². The number of benzene rings is 3. The lowest BCUT2D eigenvalue weighted by molar-refractivity contribution is -0.120. The van der Waals surface area contributed by atoms with Crippen LogP contribution in [0.25, 0.3) is 0 Å². The molecular formula is C29H34N2O6S. The first-order valence-corrected chi connectivity index (χ1v) is 14.0. The van der Waals surface area contributed by atoms with E-state index in [1.54, 1.807) is 61.7 Å². The highest BCUT2D eigenvalue weighted by molar-refractivity contribution is 7.92. The fraction of sp³-hybridized carbons (Fsp3) is 0.345. The summed E-state index contributed by atoms with van der Waals surface area (Å²) in [5, 5.41) is 3.04. The number of anilines is 1. The normalized spacial score (nSPS) is 16.1. The molecule has 38 heavy (non-hydrogen) atoms. The number of carbonyl (C=O) groups is 1. The second kappa shape index (κ2) is 10.9. The molecule has 202 valence electrons. The lowest BCUT2D eigenvalue weighted by atomic mass is 9.89. The van der Waals surface area contributed by atoms with E-state index in [4.69, 9.17) is 14.2 Å². The van der Waals surface area contributed by atoms with Crippen molar-refractivity contribution < 1.29 is 27.4 Å². The average molecular weight is 539 g/mol. The minimum Gasteiger partial charge on any atom is -0.497 e. The third-order valence-corrected chi connectivity index (χ3v) is 8.11. The Kier molecular flexibility index (Phi) is 7.87. The molecule has 1 unspecified atom stereocenters. The highest BCUT2D eigenvalue weighted by Crippen LogP contribution is 2.41. The van der Waals surface area contributed by atoms with Crippen LogP contribution >= 0.6 is 0 Å². The first kappa shape index (κ1) is 27.3. The molecule has 9 heteroatoms. The van der Waals surface area contributed by atoms with Crippen LogP contribution in [-0.4, -0.2) is 40.2 Å². The smallest absolute Gasteiger partial charge is 0.264 e. The van der Waals surface area contributed by atoms with Gasteiger partial charge in [0.15, 0.2) is 0 Å². The Morgan fingerprint density at radius 2 is 1.82 bits per heavy atom. The van der Waals surface area contributed by atoms with E-state index in [1.807, 2.05) is 39.8 Å². The number of aryl methyl sites for hydroxylation is 1. The molecular weight excluding hydrogens is 504 g/mol. The number of ether oxygens (including phenoxy) is 3. The van der Waals surface area contributed by atoms with Crippen LogP contribution in [0.1, 0.15) is 44.4 Å². The summed E-state index contributed by atoms with van der Waals surface area (Å²) in [7, 11) is -2.52. The van der Waals surface area contributed by atoms with E-state index in [2.05, 4.69) is 5.32 Å². The van der Waals surface area contributed by atoms with Gasteiger partial charge in [-0.05, 0) is 70.2 Å². The van der Waals surface area contributed by atoms with Gasteiger partial charge < -0.3 is 19.5 Å². The summed E-state index contributed by atoms with van der Waals surface area (Å²) >= 11 is 0. The number of nitrogens with zero attached hydrogens (tertiary/aromatic N) is 1. The third-order valence-electron chi connectivity index (χ3n) is 6.34. The summed E-state index contributed by atoms with van der Waals surface area (Å²) in [5.41, 5.74) is 1.47. The van der Waals surface area contributed by atoms with Crippen molar-refractivity contribution in [1.82, 2.24) is 5.32 Å². The van der Waals surface area contributed by atoms with Crippen molar-refractivity contribution in [3.8, 4) is 17.2 Å². The zero-order valence-corrected chi connectivity index (χ0v) is 23.2. The number of hydrogen-bond acceptors (Lipinski definition) is 6. The second-order valence-electron chi connectivity index (χ2n) is 9.82. The molecule has 3 aromatic carbocycles. The number of amides is 1. The predicted molar refractivity (Wildman–Crippen MR) is 147 cm³/mol. The molecule has 1 N–H and O–H groups in total. The standard InChI is InChI=1S/C29H34N2O6S/c1-6-36-27-10-8-7-9-25(27)31(38(33,34)22-14-11-20(2)12-15-22)19-28(32)30-24-18-29(3,4)37-26-16-13-21(35-5)17-23(24)26/h7-17,24H,6,18-19H2,1-5H3,(H,30,32). The molecule has 3 aromatic rings. The van der Waals surface area contributed by atoms with E-state index in [9.17, 15) is 13.2 Å². The predicted octanol–water partition coefficient (Wildman–Crippen LogP) is 5.02. The highest BCUT2D eigenvalue weighted by atomic mass is 32.2. The van der Waals surface area contributed by atoms with Gasteiger partial charge in [0.05, 0.1) is 30.3 Å². The van der Waals surface area contributed by atoms with Crippen molar-refractivity contribution in [2.45, 2.75) is 50.7 Å². The zero-order valence-electron chi connectivity index (χ0n) is 22.4. The van der Waals surface area contributed by atoms with Gasteiger partial charge in [-0.2, -0.15) is 0 Å². The van der Waals surface area contributed by atoms with E-state index < -0.39 is 34.1 Å². The molecule has 1 heterocycles. The average Bonchev–Trinajstić information content (AvgIpc) is 2.87. The fourth-order valence-electron chi connectivity index (χ4n) is 4.54. The van der Waals surface area contributed by atoms with Gasteiger partial charge in [-0.15, -0.1) is 0 Å². The number of hydrogen-bond donors (Lipinski definition) is 1. The van der Waals surface area contributed by atoms with Crippen molar-refractivity contribution >= 4 is 21.6 Å². The van der Waals surface area contributed by atoms with Crippen LogP contribution in [-0.2, 0) is 14.8 Å². The Balaban J connectivity index is 1.70. The van der Waals surface area contributed by atoms with E-state index in [-0.39, 0.29) is 4.90 Å². The molecule has 0 aromatic heterocycles. The number of rotatable bonds is 9. The van der Waals surface area contributed by atoms with Crippen LogP contribution in [0.15, 0.2) is 71.6 Å². The maximum Gasteiger partial charge on any atom is 0.264 e. The summed E-state index contributed by atoms with van der Waals surface area (Å²) in [6, 6.07) is 18.4. The van der Waals surface area contributed by atoms with Crippen LogP contribution in [0.5, 0.6) is 17.2 Å². The summed E-state index contributed by atoms with van der Waals surface area (Å²) in [4.78, 5) is 13.6. The SMILES string of the molecule is CCOc1ccccc1N(CC(=O)NC1CC(C)(C)Oc2ccc(OC)cc21)S(=O)(=O)c1ccc(C)cc1. The number of para-hydroxylation sites is 2. The number of carbonyl (C=O) groups excluding carboxylic acids is 1. The van der Waals surface area contributed by atoms with Crippen molar-refractivity contribution in [1.29, 1.82) is 0 Å². The first-order valence-electron chi connectivity index (χ1n) is 12.5. The van der Waals surface area contributed by atoms with Gasteiger partial charge in [0.2, 0.25) is 5.91 Å². The Bertz CT molecular complexity index is 1400. The van der Waals surface area contributed by atoms with Crippen LogP contribution in [0, 0.1) is 6.92 Å². The molecule has 1 aliphatic heterocycles. The molecule has 1 aliphatic rings. The zero-order chi connectivity index (χ0) is 27.5. The largest absolute Gasteiger partial charge is 0.497 e. The van der Waals surface area contributed by atoms with Gasteiger partial charge in [-0.1, -0.05) is 29.8 Å². The molecule has 0 fully saturated rings. The van der Waals surface area contributed by atoms with Crippen LogP contribution in [0.3, 0.4) is 0 Å². The summed E-state index contributed by atoms with van der Waals surface area (Å²) in [6.07, 6.45) is 0.499. The Morgan fingerprint density at radius 3 is 2.50 bits per heavy atom. The van der Waals surface area contributed by atoms with Crippen molar-refractivity contribution in [2.24, 2.45) is 0 Å². The van der Waals surface area contributed by atoms with E-state index >= 15 is 0 Å². The third kappa shape index (κ3) is 5.88. The minimum absolute atomic E-state index is 0.0875. The fourth-order valence-corrected chi connectivity index (χ4v) is 5.97. The topological polar surface area (TPSA) is 94.2 Å². The molecule has 8 nitrogen and oxygen atoms in total. The lowest BCUT2D eigenvalue weighted by Crippen LogP contribution is -2.45. The van der Waals surface area contributed by atoms with Crippen LogP contribution in [0.4, 0.5) is 5.69 Å². The van der Waals surface area contributed by atoms with E-state index in [0.717, 1.165) is 15.4 Å². The first-order chi connectivity index (χ1) is 18.0. The molecule has 1 atom stereocenters. The number of fused-ring (bicyclic) bond motifs is 1. The van der Waals surface area contributed by atoms with Gasteiger partial charge in [0.1, 0.15) is 29.4 Å². The number of nitrogens with one attached hydrogen (secondary N) is 1. The minimum atomic E-state index is -4.09. The maximum atomic E-state index is 13.9. The highest BCUT2D eigenvalue weighted by Gasteiger charge is 2.36. The van der Waals surface area contributed by atoms with Gasteiger partial charge in [-0.25, -0.2) is 8.42 Å². The molecule has 0 spiro atoms. The molecule has 0 aliphatic carbocycles. The van der Waals surface area contributed by atoms with Crippen LogP contribution in [0.2, 0.25) is 0 Å². The Hall–Kier alpha value is -3.72. The monoisotopic (exact) mass is 538 g/mol. The summed E-state index contributed by atoms with van der Waals surface area (Å²) < 4.78 is 46.1. The van der Waals surface area contributed by atoms with E-state index in [1.165, 1.54) is 0 Å². The maximum absolute atomic E-state index is 13.9. The van der Waals surface area contributed by atoms with Crippen LogP contribution < -0.4 is 23.8 Å². The number of sulfonamides is 1. The summed E-state index contributed by atoms with van der Waals surface area (Å²) in [5.74, 6) is 1.21. The molecule has 0 saturated heterocycles. The van der Waals surface area contributed by atoms with E-state index in [0.29, 0.717) is 36.0 Å². The Morgan fingerprint density at radius 1 is 1.11 bits per heavy atom. The second-order valence-corrected chi connectivity index (χ2v) is 11.7. The molecule has 4 rings (SSSR count). The lowest BCUT2D eigenvalue weighted by Gasteiger charge is -2.38. The van der Waals surface area contributed by atoms with Gasteiger partial charge >= 0.3 is 0 Å².